The van der Waals surface area contributed by atoms with Gasteiger partial charge in [-0.3, -0.25) is 0 Å². The van der Waals surface area contributed by atoms with Crippen LogP contribution in [0.3, 0.4) is 0 Å². The van der Waals surface area contributed by atoms with E-state index in [9.17, 15) is 8.42 Å². The Morgan fingerprint density at radius 3 is 2.50 bits per heavy atom. The normalized spacial score (nSPS) is 25.3. The number of aryl methyl sites for hydroxylation is 1. The van der Waals surface area contributed by atoms with Crippen molar-refractivity contribution in [1.29, 1.82) is 0 Å². The molecule has 1 aliphatic heterocycles. The zero-order valence-corrected chi connectivity index (χ0v) is 14.3. The van der Waals surface area contributed by atoms with Gasteiger partial charge in [0.05, 0.1) is 10.9 Å². The van der Waals surface area contributed by atoms with Crippen molar-refractivity contribution in [3.05, 3.63) is 29.8 Å². The highest BCUT2D eigenvalue weighted by Crippen LogP contribution is 2.39. The number of hydrogen-bond donors (Lipinski definition) is 0. The first-order valence-electron chi connectivity index (χ1n) is 8.10. The Kier molecular flexibility index (Phi) is 4.02. The van der Waals surface area contributed by atoms with E-state index >= 15 is 0 Å². The minimum Gasteiger partial charge on any atom is -0.200 e. The highest BCUT2D eigenvalue weighted by Gasteiger charge is 2.45. The summed E-state index contributed by atoms with van der Waals surface area (Å²) in [4.78, 5) is 0.340. The number of nitrogens with zero attached hydrogens (tertiary/aromatic N) is 2. The summed E-state index contributed by atoms with van der Waals surface area (Å²) in [7, 11) is -3.56. The monoisotopic (exact) mass is 320 g/mol. The molecule has 1 aliphatic carbocycles. The molecule has 0 bridgehead atoms. The molecule has 0 saturated heterocycles. The average molecular weight is 320 g/mol. The summed E-state index contributed by atoms with van der Waals surface area (Å²) in [5.41, 5.74) is 2.14. The Morgan fingerprint density at radius 1 is 1.18 bits per heavy atom. The third kappa shape index (κ3) is 2.56. The first kappa shape index (κ1) is 15.5. The maximum absolute atomic E-state index is 13.0. The Hall–Kier alpha value is -1.36. The van der Waals surface area contributed by atoms with E-state index in [1.54, 1.807) is 12.1 Å². The van der Waals surface area contributed by atoms with E-state index in [1.165, 1.54) is 10.8 Å². The fraction of sp³-hybridized carbons (Fsp3) is 0.588. The summed E-state index contributed by atoms with van der Waals surface area (Å²) >= 11 is 0. The second-order valence-corrected chi connectivity index (χ2v) is 8.56. The van der Waals surface area contributed by atoms with Crippen LogP contribution in [0.25, 0.3) is 0 Å². The largest absolute Gasteiger partial charge is 0.279 e. The van der Waals surface area contributed by atoms with Gasteiger partial charge in [0.2, 0.25) is 0 Å². The average Bonchev–Trinajstić information content (AvgIpc) is 2.88. The zero-order chi connectivity index (χ0) is 15.9. The molecule has 1 aromatic carbocycles. The van der Waals surface area contributed by atoms with E-state index in [1.807, 2.05) is 19.1 Å². The molecule has 1 aromatic rings. The lowest BCUT2D eigenvalue weighted by atomic mass is 9.79. The van der Waals surface area contributed by atoms with Gasteiger partial charge >= 0.3 is 0 Å². The minimum atomic E-state index is -3.56. The lowest BCUT2D eigenvalue weighted by Gasteiger charge is -2.31. The van der Waals surface area contributed by atoms with Gasteiger partial charge in [0.1, 0.15) is 0 Å². The summed E-state index contributed by atoms with van der Waals surface area (Å²) in [5.74, 6) is 0.554. The standard InChI is InChI=1S/C17H24N2O2S/c1-12(2)17-15-6-4-5-7-16(15)18-19(17)22(20,21)14-10-8-13(3)9-11-14/h8-12,15,17H,4-7H2,1-3H3. The lowest BCUT2D eigenvalue weighted by Crippen LogP contribution is -2.41. The van der Waals surface area contributed by atoms with Gasteiger partial charge in [-0.05, 0) is 44.2 Å². The number of benzene rings is 1. The van der Waals surface area contributed by atoms with Gasteiger partial charge in [0, 0.05) is 11.6 Å². The van der Waals surface area contributed by atoms with Crippen LogP contribution in [0.15, 0.2) is 34.3 Å². The van der Waals surface area contributed by atoms with Gasteiger partial charge in [-0.15, -0.1) is 0 Å². The van der Waals surface area contributed by atoms with Gasteiger partial charge in [-0.25, -0.2) is 0 Å². The molecule has 2 unspecified atom stereocenters. The van der Waals surface area contributed by atoms with Crippen LogP contribution >= 0.6 is 0 Å². The number of hydrogen-bond acceptors (Lipinski definition) is 3. The smallest absolute Gasteiger partial charge is 0.200 e. The number of fused-ring (bicyclic) bond motifs is 1. The van der Waals surface area contributed by atoms with Crippen LogP contribution in [-0.4, -0.2) is 24.6 Å². The molecule has 0 spiro atoms. The van der Waals surface area contributed by atoms with Crippen LogP contribution in [0.1, 0.15) is 45.1 Å². The van der Waals surface area contributed by atoms with Crippen molar-refractivity contribution >= 4 is 15.7 Å². The van der Waals surface area contributed by atoms with Crippen LogP contribution < -0.4 is 0 Å². The molecular weight excluding hydrogens is 296 g/mol. The van der Waals surface area contributed by atoms with Crippen molar-refractivity contribution in [3.8, 4) is 0 Å². The van der Waals surface area contributed by atoms with Crippen LogP contribution in [0.2, 0.25) is 0 Å². The van der Waals surface area contributed by atoms with E-state index in [0.29, 0.717) is 10.8 Å². The molecule has 0 N–H and O–H groups in total. The molecule has 0 aromatic heterocycles. The molecule has 1 fully saturated rings. The summed E-state index contributed by atoms with van der Waals surface area (Å²) in [6.07, 6.45) is 4.29. The summed E-state index contributed by atoms with van der Waals surface area (Å²) in [5, 5.41) is 4.55. The molecule has 3 rings (SSSR count). The third-order valence-electron chi connectivity index (χ3n) is 4.77. The van der Waals surface area contributed by atoms with Crippen molar-refractivity contribution < 1.29 is 8.42 Å². The molecule has 5 heteroatoms. The van der Waals surface area contributed by atoms with Crippen molar-refractivity contribution in [1.82, 2.24) is 4.41 Å². The van der Waals surface area contributed by atoms with Crippen molar-refractivity contribution in [3.63, 3.8) is 0 Å². The molecule has 2 atom stereocenters. The predicted molar refractivity (Wildman–Crippen MR) is 88.2 cm³/mol. The molecular formula is C17H24N2O2S. The molecule has 2 aliphatic rings. The fourth-order valence-electron chi connectivity index (χ4n) is 3.61. The van der Waals surface area contributed by atoms with Gasteiger partial charge in [0.25, 0.3) is 10.0 Å². The lowest BCUT2D eigenvalue weighted by molar-refractivity contribution is 0.239. The van der Waals surface area contributed by atoms with Crippen molar-refractivity contribution in [2.24, 2.45) is 16.9 Å². The zero-order valence-electron chi connectivity index (χ0n) is 13.5. The Labute approximate surface area is 133 Å². The molecule has 0 amide bonds. The van der Waals surface area contributed by atoms with E-state index in [4.69, 9.17) is 0 Å². The van der Waals surface area contributed by atoms with Crippen LogP contribution in [0.4, 0.5) is 0 Å². The maximum Gasteiger partial charge on any atom is 0.279 e. The third-order valence-corrected chi connectivity index (χ3v) is 6.45. The molecule has 1 saturated carbocycles. The Morgan fingerprint density at radius 2 is 1.86 bits per heavy atom. The van der Waals surface area contributed by atoms with Gasteiger partial charge in [-0.2, -0.15) is 17.9 Å². The maximum atomic E-state index is 13.0. The summed E-state index contributed by atoms with van der Waals surface area (Å²) in [6, 6.07) is 7.01. The summed E-state index contributed by atoms with van der Waals surface area (Å²) in [6.45, 7) is 6.14. The molecule has 120 valence electrons. The molecule has 0 radical (unpaired) electrons. The topological polar surface area (TPSA) is 49.7 Å². The van der Waals surface area contributed by atoms with Gasteiger partial charge < -0.3 is 0 Å². The fourth-order valence-corrected chi connectivity index (χ4v) is 5.23. The van der Waals surface area contributed by atoms with Gasteiger partial charge in [0.15, 0.2) is 0 Å². The second kappa shape index (κ2) is 5.69. The van der Waals surface area contributed by atoms with Crippen molar-refractivity contribution in [2.75, 3.05) is 0 Å². The highest BCUT2D eigenvalue weighted by molar-refractivity contribution is 7.89. The van der Waals surface area contributed by atoms with Crippen molar-refractivity contribution in [2.45, 2.75) is 57.4 Å². The van der Waals surface area contributed by atoms with Crippen LogP contribution in [0.5, 0.6) is 0 Å². The van der Waals surface area contributed by atoms with E-state index < -0.39 is 10.0 Å². The minimum absolute atomic E-state index is 0.0402. The molecule has 4 nitrogen and oxygen atoms in total. The number of hydrazone groups is 1. The quantitative estimate of drug-likeness (QED) is 0.855. The van der Waals surface area contributed by atoms with Gasteiger partial charge in [-0.1, -0.05) is 38.0 Å². The Balaban J connectivity index is 2.01. The first-order valence-corrected chi connectivity index (χ1v) is 9.54. The number of sulfonamides is 1. The molecule has 1 heterocycles. The Bertz CT molecular complexity index is 677. The first-order chi connectivity index (χ1) is 10.4. The van der Waals surface area contributed by atoms with Crippen LogP contribution in [0, 0.1) is 18.8 Å². The highest BCUT2D eigenvalue weighted by atomic mass is 32.2. The SMILES string of the molecule is Cc1ccc(S(=O)(=O)N2N=C3CCCCC3C2C(C)C)cc1. The van der Waals surface area contributed by atoms with E-state index in [0.717, 1.165) is 30.5 Å². The molecule has 22 heavy (non-hydrogen) atoms. The number of rotatable bonds is 3. The van der Waals surface area contributed by atoms with Crippen LogP contribution in [-0.2, 0) is 10.0 Å². The second-order valence-electron chi connectivity index (χ2n) is 6.77. The van der Waals surface area contributed by atoms with E-state index in [2.05, 4.69) is 18.9 Å². The predicted octanol–water partition coefficient (Wildman–Crippen LogP) is 3.57. The van der Waals surface area contributed by atoms with E-state index in [-0.39, 0.29) is 12.0 Å². The summed E-state index contributed by atoms with van der Waals surface area (Å²) < 4.78 is 27.5.